The Morgan fingerprint density at radius 3 is 2.60 bits per heavy atom. The van der Waals surface area contributed by atoms with Crippen LogP contribution in [0.25, 0.3) is 11.6 Å². The summed E-state index contributed by atoms with van der Waals surface area (Å²) in [6.45, 7) is -0.338. The number of carbonyl (C=O) groups is 3. The predicted molar refractivity (Wildman–Crippen MR) is 148 cm³/mol. The third kappa shape index (κ3) is 5.20. The number of aliphatic hydroxyl groups excluding tert-OH is 1. The number of ether oxygens (including phenoxy) is 1. The molecule has 0 saturated carbocycles. The zero-order chi connectivity index (χ0) is 28.6. The summed E-state index contributed by atoms with van der Waals surface area (Å²) >= 11 is 6.39. The molecule has 0 bridgehead atoms. The van der Waals surface area contributed by atoms with Crippen LogP contribution in [0.5, 0.6) is 5.75 Å². The zero-order valence-corrected chi connectivity index (χ0v) is 22.6. The van der Waals surface area contributed by atoms with Crippen molar-refractivity contribution in [1.29, 1.82) is 0 Å². The Morgan fingerprint density at radius 1 is 1.18 bits per heavy atom. The van der Waals surface area contributed by atoms with Gasteiger partial charge in [-0.15, -0.1) is 0 Å². The summed E-state index contributed by atoms with van der Waals surface area (Å²) in [6, 6.07) is 14.4. The Hall–Kier alpha value is -3.44. The number of hydrogen-bond acceptors (Lipinski definition) is 8. The molecule has 0 aromatic heterocycles. The van der Waals surface area contributed by atoms with Crippen molar-refractivity contribution in [1.82, 2.24) is 4.90 Å². The van der Waals surface area contributed by atoms with Crippen LogP contribution < -0.4 is 0 Å². The SMILES string of the molecule is COC(=O)N1C(=O)[C@@H]2[C@@H](CC(CO)=C3[C@@H](CC/C(=C/c4ccc(O)cc4Cl)c4ccccc4)OB(O)C[C@@H]32)C1=O. The van der Waals surface area contributed by atoms with Gasteiger partial charge >= 0.3 is 13.2 Å². The first kappa shape index (κ1) is 28.1. The van der Waals surface area contributed by atoms with Crippen molar-refractivity contribution in [3.05, 3.63) is 75.8 Å². The van der Waals surface area contributed by atoms with Gasteiger partial charge in [0.2, 0.25) is 11.8 Å². The first-order chi connectivity index (χ1) is 19.2. The fourth-order valence-corrected chi connectivity index (χ4v) is 6.47. The van der Waals surface area contributed by atoms with E-state index in [4.69, 9.17) is 16.3 Å². The minimum absolute atomic E-state index is 0.0591. The monoisotopic (exact) mass is 565 g/mol. The van der Waals surface area contributed by atoms with Crippen molar-refractivity contribution in [3.63, 3.8) is 0 Å². The number of allylic oxidation sites excluding steroid dienone is 1. The molecule has 2 aromatic carbocycles. The maximum atomic E-state index is 13.3. The molecule has 2 fully saturated rings. The van der Waals surface area contributed by atoms with E-state index in [1.54, 1.807) is 12.1 Å². The van der Waals surface area contributed by atoms with E-state index in [1.165, 1.54) is 6.07 Å². The van der Waals surface area contributed by atoms with Crippen LogP contribution in [0, 0.1) is 17.8 Å². The summed E-state index contributed by atoms with van der Waals surface area (Å²) < 4.78 is 10.6. The van der Waals surface area contributed by atoms with Crippen LogP contribution in [0.15, 0.2) is 59.7 Å². The Morgan fingerprint density at radius 2 is 1.93 bits per heavy atom. The molecule has 2 heterocycles. The molecule has 5 rings (SSSR count). The second kappa shape index (κ2) is 11.6. The summed E-state index contributed by atoms with van der Waals surface area (Å²) in [7, 11) is -0.0892. The number of likely N-dealkylation sites (tertiary alicyclic amines) is 1. The molecule has 208 valence electrons. The Bertz CT molecular complexity index is 1390. The summed E-state index contributed by atoms with van der Waals surface area (Å²) in [6.07, 6.45) is 1.34. The number of rotatable bonds is 6. The van der Waals surface area contributed by atoms with Crippen molar-refractivity contribution >= 4 is 48.3 Å². The second-order valence-corrected chi connectivity index (χ2v) is 10.6. The number of phenolic OH excluding ortho intramolecular Hbond substituents is 1. The Balaban J connectivity index is 1.47. The molecule has 2 saturated heterocycles. The van der Waals surface area contributed by atoms with Crippen molar-refractivity contribution in [2.24, 2.45) is 17.8 Å². The molecular weight excluding hydrogens is 537 g/mol. The number of halogens is 1. The van der Waals surface area contributed by atoms with E-state index in [2.05, 4.69) is 4.74 Å². The molecule has 2 aromatic rings. The van der Waals surface area contributed by atoms with Gasteiger partial charge < -0.3 is 24.6 Å². The standard InChI is InChI=1S/C29H29BClNO8/c1-39-29(37)32-27(35)21-12-19(15-33)25-22(26(21)28(32)36)14-30(38)40-24(25)10-8-17(16-5-3-2-4-6-16)11-18-7-9-20(34)13-23(18)31/h2-7,9,11,13,21-22,24,26,33-34,38H,8,10,12,14-15H2,1H3/b17-11-/t21-,22+,24-,26-/m1/s1. The number of methoxy groups -OCH3 is 1. The first-order valence-electron chi connectivity index (χ1n) is 13.1. The molecule has 2 aliphatic heterocycles. The summed E-state index contributed by atoms with van der Waals surface area (Å²) in [5, 5.41) is 31.1. The molecule has 4 atom stereocenters. The highest BCUT2D eigenvalue weighted by Gasteiger charge is 2.59. The van der Waals surface area contributed by atoms with Crippen molar-refractivity contribution in [2.45, 2.75) is 31.7 Å². The minimum atomic E-state index is -1.19. The largest absolute Gasteiger partial charge is 0.508 e. The highest BCUT2D eigenvalue weighted by molar-refractivity contribution is 6.43. The van der Waals surface area contributed by atoms with E-state index in [-0.39, 0.29) is 25.1 Å². The smallest absolute Gasteiger partial charge is 0.455 e. The molecule has 40 heavy (non-hydrogen) atoms. The molecule has 3 N–H and O–H groups in total. The van der Waals surface area contributed by atoms with Crippen molar-refractivity contribution in [2.75, 3.05) is 13.7 Å². The molecule has 0 spiro atoms. The lowest BCUT2D eigenvalue weighted by Crippen LogP contribution is -2.46. The maximum Gasteiger partial charge on any atom is 0.455 e. The van der Waals surface area contributed by atoms with Crippen molar-refractivity contribution < 1.29 is 39.0 Å². The quantitative estimate of drug-likeness (QED) is 0.208. The van der Waals surface area contributed by atoms with Gasteiger partial charge in [-0.05, 0) is 83.6 Å². The normalized spacial score (nSPS) is 24.8. The number of aromatic hydroxyl groups is 1. The third-order valence-corrected chi connectivity index (χ3v) is 8.32. The van der Waals surface area contributed by atoms with Gasteiger partial charge in [-0.25, -0.2) is 4.79 Å². The highest BCUT2D eigenvalue weighted by atomic mass is 35.5. The van der Waals surface area contributed by atoms with Crippen LogP contribution >= 0.6 is 11.6 Å². The fourth-order valence-electron chi connectivity index (χ4n) is 6.24. The molecule has 0 radical (unpaired) electrons. The Kier molecular flexibility index (Phi) is 8.14. The summed E-state index contributed by atoms with van der Waals surface area (Å²) in [5.41, 5.74) is 3.89. The van der Waals surface area contributed by atoms with Crippen LogP contribution in [0.1, 0.15) is 30.4 Å². The van der Waals surface area contributed by atoms with Gasteiger partial charge in [0.15, 0.2) is 0 Å². The number of nitrogens with zero attached hydrogens (tertiary/aromatic N) is 1. The van der Waals surface area contributed by atoms with Crippen LogP contribution in [0.3, 0.4) is 0 Å². The lowest BCUT2D eigenvalue weighted by molar-refractivity contribution is -0.137. The van der Waals surface area contributed by atoms with Gasteiger partial charge in [0.1, 0.15) is 5.75 Å². The van der Waals surface area contributed by atoms with Crippen LogP contribution in [0.4, 0.5) is 4.79 Å². The number of benzene rings is 2. The third-order valence-electron chi connectivity index (χ3n) is 7.99. The number of carbonyl (C=O) groups excluding carboxylic acids is 3. The second-order valence-electron chi connectivity index (χ2n) is 10.2. The van der Waals surface area contributed by atoms with E-state index >= 15 is 0 Å². The van der Waals surface area contributed by atoms with Gasteiger partial charge in [0.25, 0.3) is 0 Å². The topological polar surface area (TPSA) is 134 Å². The van der Waals surface area contributed by atoms with E-state index in [9.17, 15) is 29.6 Å². The van der Waals surface area contributed by atoms with Gasteiger partial charge in [0, 0.05) is 0 Å². The molecule has 0 unspecified atom stereocenters. The zero-order valence-electron chi connectivity index (χ0n) is 21.8. The fraction of sp³-hybridized carbons (Fsp3) is 0.345. The predicted octanol–water partition coefficient (Wildman–Crippen LogP) is 3.92. The van der Waals surface area contributed by atoms with E-state index < -0.39 is 48.9 Å². The summed E-state index contributed by atoms with van der Waals surface area (Å²) in [5.74, 6) is -3.48. The van der Waals surface area contributed by atoms with Crippen molar-refractivity contribution in [3.8, 4) is 5.75 Å². The average molecular weight is 566 g/mol. The molecule has 3 amide bonds. The molecule has 3 aliphatic rings. The molecule has 1 aliphatic carbocycles. The Labute approximate surface area is 236 Å². The van der Waals surface area contributed by atoms with Gasteiger partial charge in [-0.2, -0.15) is 4.90 Å². The minimum Gasteiger partial charge on any atom is -0.508 e. The molecule has 11 heteroatoms. The molecular formula is C29H29BClNO8. The molecule has 9 nitrogen and oxygen atoms in total. The van der Waals surface area contributed by atoms with E-state index in [0.29, 0.717) is 33.9 Å². The summed E-state index contributed by atoms with van der Waals surface area (Å²) in [4.78, 5) is 39.1. The lowest BCUT2D eigenvalue weighted by Gasteiger charge is -2.42. The number of fused-ring (bicyclic) bond motifs is 3. The maximum absolute atomic E-state index is 13.3. The van der Waals surface area contributed by atoms with Gasteiger partial charge in [-0.3, -0.25) is 9.59 Å². The van der Waals surface area contributed by atoms with Gasteiger partial charge in [-0.1, -0.05) is 41.9 Å². The van der Waals surface area contributed by atoms with Crippen LogP contribution in [0.2, 0.25) is 11.3 Å². The van der Waals surface area contributed by atoms with E-state index in [1.807, 2.05) is 36.4 Å². The lowest BCUT2D eigenvalue weighted by atomic mass is 9.58. The number of phenols is 1. The van der Waals surface area contributed by atoms with Gasteiger partial charge in [0.05, 0.1) is 36.7 Å². The first-order valence-corrected chi connectivity index (χ1v) is 13.5. The average Bonchev–Trinajstić information content (AvgIpc) is 3.20. The van der Waals surface area contributed by atoms with Crippen LogP contribution in [-0.4, -0.2) is 65.0 Å². The van der Waals surface area contributed by atoms with E-state index in [0.717, 1.165) is 23.8 Å². The highest BCUT2D eigenvalue weighted by Crippen LogP contribution is 2.50. The number of imide groups is 3. The number of aliphatic hydroxyl groups is 1. The van der Waals surface area contributed by atoms with Crippen LogP contribution in [-0.2, 0) is 19.0 Å². The number of hydrogen-bond donors (Lipinski definition) is 3. The number of amides is 3.